The number of likely N-dealkylation sites (tertiary alicyclic amines) is 2. The fraction of sp³-hybridized carbons (Fsp3) is 0.565. The molecule has 0 aliphatic carbocycles. The molecule has 1 aromatic rings. The van der Waals surface area contributed by atoms with Crippen molar-refractivity contribution in [1.82, 2.24) is 15.1 Å². The number of nitrogen functional groups attached to an aromatic ring is 1. The van der Waals surface area contributed by atoms with E-state index < -0.39 is 18.1 Å². The maximum Gasteiger partial charge on any atom is 0.251 e. The van der Waals surface area contributed by atoms with Crippen molar-refractivity contribution >= 4 is 29.2 Å². The average molecular weight is 444 g/mol. The van der Waals surface area contributed by atoms with Gasteiger partial charge in [-0.15, -0.1) is 0 Å². The minimum Gasteiger partial charge on any atom is -0.399 e. The number of fused-ring (bicyclic) bond motifs is 1. The van der Waals surface area contributed by atoms with Crippen LogP contribution in [0.25, 0.3) is 0 Å². The summed E-state index contributed by atoms with van der Waals surface area (Å²) in [5.74, 6) is -0.932. The highest BCUT2D eigenvalue weighted by molar-refractivity contribution is 6.01. The third-order valence-corrected chi connectivity index (χ3v) is 6.23. The molecule has 174 valence electrons. The third-order valence-electron chi connectivity index (χ3n) is 6.23. The summed E-state index contributed by atoms with van der Waals surface area (Å²) in [6.45, 7) is 6.09. The van der Waals surface area contributed by atoms with Gasteiger partial charge in [-0.05, 0) is 49.4 Å². The van der Waals surface area contributed by atoms with Gasteiger partial charge in [-0.25, -0.2) is 0 Å². The normalized spacial score (nSPS) is 22.1. The van der Waals surface area contributed by atoms with Gasteiger partial charge in [-0.2, -0.15) is 0 Å². The molecule has 0 saturated carbocycles. The number of amides is 3. The number of rotatable bonds is 7. The molecule has 2 saturated heterocycles. The minimum atomic E-state index is -0.769. The van der Waals surface area contributed by atoms with Crippen LogP contribution >= 0.6 is 0 Å². The molecule has 9 heteroatoms. The third kappa shape index (κ3) is 4.77. The van der Waals surface area contributed by atoms with Crippen LogP contribution in [-0.2, 0) is 14.4 Å². The van der Waals surface area contributed by atoms with Gasteiger partial charge in [0.05, 0.1) is 18.6 Å². The zero-order valence-corrected chi connectivity index (χ0v) is 18.9. The molecule has 0 bridgehead atoms. The fourth-order valence-electron chi connectivity index (χ4n) is 4.51. The van der Waals surface area contributed by atoms with E-state index in [1.165, 1.54) is 9.80 Å². The van der Waals surface area contributed by atoms with Crippen LogP contribution in [0.1, 0.15) is 50.4 Å². The Labute approximate surface area is 188 Å². The highest BCUT2D eigenvalue weighted by Gasteiger charge is 2.52. The molecule has 2 fully saturated rings. The first-order valence-corrected chi connectivity index (χ1v) is 11.2. The monoisotopic (exact) mass is 443 g/mol. The van der Waals surface area contributed by atoms with Gasteiger partial charge in [0.25, 0.3) is 5.91 Å². The van der Waals surface area contributed by atoms with Gasteiger partial charge in [0.15, 0.2) is 5.78 Å². The first-order valence-electron chi connectivity index (χ1n) is 11.2. The number of Topliss-reactive ketones (excluding diaryl/α,β-unsaturated/α-hetero) is 1. The Morgan fingerprint density at radius 1 is 1.12 bits per heavy atom. The average Bonchev–Trinajstić information content (AvgIpc) is 3.33. The van der Waals surface area contributed by atoms with Crippen molar-refractivity contribution in [1.29, 1.82) is 0 Å². The number of hydrogen-bond donors (Lipinski definition) is 3. The van der Waals surface area contributed by atoms with E-state index in [2.05, 4.69) is 5.32 Å². The summed E-state index contributed by atoms with van der Waals surface area (Å²) >= 11 is 0. The molecule has 0 radical (unpaired) electrons. The molecule has 2 aliphatic heterocycles. The second kappa shape index (κ2) is 9.68. The largest absolute Gasteiger partial charge is 0.399 e. The molecule has 1 aromatic carbocycles. The van der Waals surface area contributed by atoms with Gasteiger partial charge in [0, 0.05) is 17.8 Å². The summed E-state index contributed by atoms with van der Waals surface area (Å²) in [6, 6.07) is 4.01. The molecule has 0 aromatic heterocycles. The Hall–Kier alpha value is -2.94. The number of nitrogens with two attached hydrogens (primary N) is 2. The van der Waals surface area contributed by atoms with Crippen molar-refractivity contribution < 1.29 is 19.2 Å². The van der Waals surface area contributed by atoms with Gasteiger partial charge in [-0.3, -0.25) is 19.2 Å². The van der Waals surface area contributed by atoms with Gasteiger partial charge < -0.3 is 26.6 Å². The zero-order chi connectivity index (χ0) is 23.6. The number of ketones is 1. The van der Waals surface area contributed by atoms with Gasteiger partial charge in [-0.1, -0.05) is 20.8 Å². The van der Waals surface area contributed by atoms with E-state index in [0.29, 0.717) is 37.1 Å². The lowest BCUT2D eigenvalue weighted by Crippen LogP contribution is -2.53. The Morgan fingerprint density at radius 2 is 1.78 bits per heavy atom. The number of nitrogens with one attached hydrogen (secondary N) is 1. The lowest BCUT2D eigenvalue weighted by atomic mass is 10.0. The maximum absolute atomic E-state index is 13.5. The number of nitrogens with zero attached hydrogens (tertiary/aromatic N) is 2. The smallest absolute Gasteiger partial charge is 0.251 e. The second-order valence-corrected chi connectivity index (χ2v) is 9.06. The van der Waals surface area contributed by atoms with Crippen LogP contribution in [-0.4, -0.2) is 70.6 Å². The minimum absolute atomic E-state index is 0.0295. The quantitative estimate of drug-likeness (QED) is 0.526. The van der Waals surface area contributed by atoms with Crippen molar-refractivity contribution in [3.8, 4) is 0 Å². The van der Waals surface area contributed by atoms with Crippen LogP contribution in [0.3, 0.4) is 0 Å². The molecule has 9 nitrogen and oxygen atoms in total. The van der Waals surface area contributed by atoms with Gasteiger partial charge in [0.2, 0.25) is 11.8 Å². The summed E-state index contributed by atoms with van der Waals surface area (Å²) in [4.78, 5) is 54.7. The summed E-state index contributed by atoms with van der Waals surface area (Å²) in [7, 11) is 0. The SMILES string of the molecule is CCC(N)C(=O)N1CC(=O)C2C1CCN2C(=O)C(CC(C)C)NC(=O)c1ccc(N)cc1. The van der Waals surface area contributed by atoms with Crippen molar-refractivity contribution in [3.05, 3.63) is 29.8 Å². The van der Waals surface area contributed by atoms with E-state index in [9.17, 15) is 19.2 Å². The Morgan fingerprint density at radius 3 is 2.38 bits per heavy atom. The molecular weight excluding hydrogens is 410 g/mol. The summed E-state index contributed by atoms with van der Waals surface area (Å²) in [5, 5.41) is 2.83. The van der Waals surface area contributed by atoms with E-state index in [4.69, 9.17) is 11.5 Å². The van der Waals surface area contributed by atoms with Crippen LogP contribution < -0.4 is 16.8 Å². The summed E-state index contributed by atoms with van der Waals surface area (Å²) in [6.07, 6.45) is 1.44. The number of benzene rings is 1. The second-order valence-electron chi connectivity index (χ2n) is 9.06. The molecule has 4 unspecified atom stereocenters. The van der Waals surface area contributed by atoms with Crippen molar-refractivity contribution in [3.63, 3.8) is 0 Å². The number of anilines is 1. The summed E-state index contributed by atoms with van der Waals surface area (Å²) in [5.41, 5.74) is 12.5. The highest BCUT2D eigenvalue weighted by Crippen LogP contribution is 2.31. The van der Waals surface area contributed by atoms with Crippen LogP contribution in [0.4, 0.5) is 5.69 Å². The summed E-state index contributed by atoms with van der Waals surface area (Å²) < 4.78 is 0. The Balaban J connectivity index is 1.77. The zero-order valence-electron chi connectivity index (χ0n) is 18.9. The van der Waals surface area contributed by atoms with Gasteiger partial charge >= 0.3 is 0 Å². The lowest BCUT2D eigenvalue weighted by Gasteiger charge is -2.29. The lowest BCUT2D eigenvalue weighted by molar-refractivity contribution is -0.138. The highest BCUT2D eigenvalue weighted by atomic mass is 16.2. The van der Waals surface area contributed by atoms with Crippen molar-refractivity contribution in [2.24, 2.45) is 11.7 Å². The van der Waals surface area contributed by atoms with E-state index in [1.54, 1.807) is 24.3 Å². The molecule has 2 aliphatic rings. The van der Waals surface area contributed by atoms with E-state index in [-0.39, 0.29) is 42.0 Å². The predicted octanol–water partition coefficient (Wildman–Crippen LogP) is 0.531. The van der Waals surface area contributed by atoms with E-state index >= 15 is 0 Å². The molecule has 5 N–H and O–H groups in total. The maximum atomic E-state index is 13.5. The number of carbonyl (C=O) groups is 4. The van der Waals surface area contributed by atoms with Crippen molar-refractivity contribution in [2.45, 2.75) is 64.2 Å². The fourth-order valence-corrected chi connectivity index (χ4v) is 4.51. The van der Waals surface area contributed by atoms with Crippen LogP contribution in [0.2, 0.25) is 0 Å². The van der Waals surface area contributed by atoms with Crippen LogP contribution in [0.15, 0.2) is 24.3 Å². The molecule has 0 spiro atoms. The van der Waals surface area contributed by atoms with Crippen LogP contribution in [0.5, 0.6) is 0 Å². The molecule has 3 rings (SSSR count). The standard InChI is InChI=1S/C23H33N5O4/c1-4-16(25)22(31)28-12-19(29)20-18(28)9-10-27(20)23(32)17(11-13(2)3)26-21(30)14-5-7-15(24)8-6-14/h5-8,13,16-18,20H,4,9-12,24-25H2,1-3H3,(H,26,30). The predicted molar refractivity (Wildman–Crippen MR) is 120 cm³/mol. The molecule has 3 amide bonds. The first kappa shape index (κ1) is 23.7. The van der Waals surface area contributed by atoms with Crippen molar-refractivity contribution in [2.75, 3.05) is 18.8 Å². The molecule has 2 heterocycles. The Bertz CT molecular complexity index is 885. The van der Waals surface area contributed by atoms with Crippen LogP contribution in [0, 0.1) is 5.92 Å². The first-order chi connectivity index (χ1) is 15.1. The van der Waals surface area contributed by atoms with E-state index in [0.717, 1.165) is 0 Å². The number of carbonyl (C=O) groups excluding carboxylic acids is 4. The van der Waals surface area contributed by atoms with E-state index in [1.807, 2.05) is 20.8 Å². The topological polar surface area (TPSA) is 139 Å². The molecule has 32 heavy (non-hydrogen) atoms. The molecule has 4 atom stereocenters. The van der Waals surface area contributed by atoms with Gasteiger partial charge in [0.1, 0.15) is 12.1 Å². The number of hydrogen-bond acceptors (Lipinski definition) is 6. The molecular formula is C23H33N5O4. The Kier molecular flexibility index (Phi) is 7.18.